The Balaban J connectivity index is 3.90. The fourth-order valence-electron chi connectivity index (χ4n) is 1.92. The molecule has 0 aliphatic rings. The van der Waals surface area contributed by atoms with Gasteiger partial charge in [0, 0.05) is 39.0 Å². The summed E-state index contributed by atoms with van der Waals surface area (Å²) in [7, 11) is 0. The zero-order valence-electron chi connectivity index (χ0n) is 13.1. The van der Waals surface area contributed by atoms with Crippen LogP contribution in [0.25, 0.3) is 0 Å². The number of carboxylic acids is 1. The van der Waals surface area contributed by atoms with E-state index >= 15 is 0 Å². The van der Waals surface area contributed by atoms with Gasteiger partial charge < -0.3 is 20.6 Å². The number of carboxylic acid groups (broad SMARTS) is 1. The zero-order chi connectivity index (χ0) is 16.3. The number of hydrogen-bond acceptors (Lipinski definition) is 3. The standard InChI is InChI=1S/C14H27N3O4/c1-4-11(9-13(19)20)10-16-14(21)15-8-7-12(18)17(5-2)6-3/h11H,4-10H2,1-3H3,(H,19,20)(H2,15,16,21). The van der Waals surface area contributed by atoms with Crippen LogP contribution in [-0.2, 0) is 9.59 Å². The molecule has 1 atom stereocenters. The molecule has 0 radical (unpaired) electrons. The number of rotatable bonds is 10. The van der Waals surface area contributed by atoms with Crippen molar-refractivity contribution in [3.8, 4) is 0 Å². The Bertz CT molecular complexity index is 343. The van der Waals surface area contributed by atoms with Crippen molar-refractivity contribution >= 4 is 17.9 Å². The molecule has 7 nitrogen and oxygen atoms in total. The van der Waals surface area contributed by atoms with E-state index in [9.17, 15) is 14.4 Å². The molecule has 0 fully saturated rings. The molecule has 0 rings (SSSR count). The molecule has 0 bridgehead atoms. The summed E-state index contributed by atoms with van der Waals surface area (Å²) in [5.74, 6) is -0.933. The van der Waals surface area contributed by atoms with Gasteiger partial charge >= 0.3 is 12.0 Å². The second-order valence-electron chi connectivity index (χ2n) is 4.82. The van der Waals surface area contributed by atoms with Crippen LogP contribution >= 0.6 is 0 Å². The van der Waals surface area contributed by atoms with E-state index in [2.05, 4.69) is 10.6 Å². The number of aliphatic carboxylic acids is 1. The summed E-state index contributed by atoms with van der Waals surface area (Å²) < 4.78 is 0. The Hall–Kier alpha value is -1.79. The highest BCUT2D eigenvalue weighted by Crippen LogP contribution is 2.06. The van der Waals surface area contributed by atoms with Crippen LogP contribution in [0.5, 0.6) is 0 Å². The van der Waals surface area contributed by atoms with Crippen LogP contribution in [0, 0.1) is 5.92 Å². The van der Waals surface area contributed by atoms with Crippen molar-refractivity contribution in [2.45, 2.75) is 40.0 Å². The molecule has 7 heteroatoms. The maximum atomic E-state index is 11.7. The molecule has 0 saturated carbocycles. The number of carbonyl (C=O) groups excluding carboxylic acids is 2. The highest BCUT2D eigenvalue weighted by molar-refractivity contribution is 5.78. The van der Waals surface area contributed by atoms with Crippen LogP contribution in [0.1, 0.15) is 40.0 Å². The number of nitrogens with zero attached hydrogens (tertiary/aromatic N) is 1. The van der Waals surface area contributed by atoms with Crippen LogP contribution in [0.2, 0.25) is 0 Å². The molecule has 0 aromatic carbocycles. The second kappa shape index (κ2) is 10.9. The third-order valence-electron chi connectivity index (χ3n) is 3.33. The summed E-state index contributed by atoms with van der Waals surface area (Å²) in [6.45, 7) is 7.62. The van der Waals surface area contributed by atoms with E-state index in [0.717, 1.165) is 0 Å². The van der Waals surface area contributed by atoms with Gasteiger partial charge in [0.1, 0.15) is 0 Å². The Morgan fingerprint density at radius 3 is 2.19 bits per heavy atom. The Labute approximate surface area is 126 Å². The lowest BCUT2D eigenvalue weighted by molar-refractivity contribution is -0.138. The first kappa shape index (κ1) is 19.2. The van der Waals surface area contributed by atoms with Crippen LogP contribution in [0.4, 0.5) is 4.79 Å². The normalized spacial score (nSPS) is 11.6. The second-order valence-corrected chi connectivity index (χ2v) is 4.82. The number of nitrogens with one attached hydrogen (secondary N) is 2. The van der Waals surface area contributed by atoms with Crippen LogP contribution in [0.3, 0.4) is 0 Å². The zero-order valence-corrected chi connectivity index (χ0v) is 13.1. The minimum absolute atomic E-state index is 0.0117. The maximum Gasteiger partial charge on any atom is 0.314 e. The van der Waals surface area contributed by atoms with Crippen molar-refractivity contribution in [2.75, 3.05) is 26.2 Å². The average molecular weight is 301 g/mol. The number of carbonyl (C=O) groups is 3. The topological polar surface area (TPSA) is 98.7 Å². The Kier molecular flexibility index (Phi) is 10.0. The predicted molar refractivity (Wildman–Crippen MR) is 80.0 cm³/mol. The quantitative estimate of drug-likeness (QED) is 0.561. The van der Waals surface area contributed by atoms with Crippen molar-refractivity contribution in [1.82, 2.24) is 15.5 Å². The van der Waals surface area contributed by atoms with Crippen molar-refractivity contribution in [3.05, 3.63) is 0 Å². The first-order chi connectivity index (χ1) is 9.94. The molecule has 1 unspecified atom stereocenters. The van der Waals surface area contributed by atoms with Crippen LogP contribution in [-0.4, -0.2) is 54.1 Å². The van der Waals surface area contributed by atoms with E-state index in [1.807, 2.05) is 20.8 Å². The summed E-state index contributed by atoms with van der Waals surface area (Å²) in [5.41, 5.74) is 0. The lowest BCUT2D eigenvalue weighted by Crippen LogP contribution is -2.40. The van der Waals surface area contributed by atoms with Gasteiger partial charge in [-0.15, -0.1) is 0 Å². The third-order valence-corrected chi connectivity index (χ3v) is 3.33. The van der Waals surface area contributed by atoms with Gasteiger partial charge in [0.2, 0.25) is 5.91 Å². The lowest BCUT2D eigenvalue weighted by atomic mass is 10.0. The van der Waals surface area contributed by atoms with Gasteiger partial charge in [0.15, 0.2) is 0 Å². The third kappa shape index (κ3) is 8.88. The van der Waals surface area contributed by atoms with Crippen molar-refractivity contribution < 1.29 is 19.5 Å². The summed E-state index contributed by atoms with van der Waals surface area (Å²) in [6, 6.07) is -0.369. The van der Waals surface area contributed by atoms with Crippen molar-refractivity contribution in [3.63, 3.8) is 0 Å². The molecular weight excluding hydrogens is 274 g/mol. The summed E-state index contributed by atoms with van der Waals surface area (Å²) in [4.78, 5) is 35.6. The minimum atomic E-state index is -0.867. The van der Waals surface area contributed by atoms with E-state index in [4.69, 9.17) is 5.11 Å². The predicted octanol–water partition coefficient (Wildman–Crippen LogP) is 1.05. The Morgan fingerprint density at radius 1 is 1.10 bits per heavy atom. The average Bonchev–Trinajstić information content (AvgIpc) is 2.44. The van der Waals surface area contributed by atoms with Gasteiger partial charge in [-0.1, -0.05) is 13.3 Å². The minimum Gasteiger partial charge on any atom is -0.481 e. The summed E-state index contributed by atoms with van der Waals surface area (Å²) in [6.07, 6.45) is 0.992. The molecule has 3 N–H and O–H groups in total. The maximum absolute atomic E-state index is 11.7. The summed E-state index contributed by atoms with van der Waals surface area (Å²) in [5, 5.41) is 13.9. The molecule has 0 aromatic heterocycles. The van der Waals surface area contributed by atoms with E-state index in [1.54, 1.807) is 4.90 Å². The molecule has 0 spiro atoms. The fourth-order valence-corrected chi connectivity index (χ4v) is 1.92. The SMILES string of the molecule is CCC(CNC(=O)NCCC(=O)N(CC)CC)CC(=O)O. The van der Waals surface area contributed by atoms with Crippen molar-refractivity contribution in [1.29, 1.82) is 0 Å². The van der Waals surface area contributed by atoms with Crippen molar-refractivity contribution in [2.24, 2.45) is 5.92 Å². The van der Waals surface area contributed by atoms with Crippen LogP contribution in [0.15, 0.2) is 0 Å². The fraction of sp³-hybridized carbons (Fsp3) is 0.786. The molecule has 3 amide bonds. The molecule has 21 heavy (non-hydrogen) atoms. The van der Waals surface area contributed by atoms with E-state index in [0.29, 0.717) is 26.1 Å². The van der Waals surface area contributed by atoms with Gasteiger partial charge in [-0.3, -0.25) is 9.59 Å². The number of amides is 3. The molecule has 122 valence electrons. The molecule has 0 aliphatic carbocycles. The molecule has 0 aromatic rings. The van der Waals surface area contributed by atoms with Crippen LogP contribution < -0.4 is 10.6 Å². The number of hydrogen-bond donors (Lipinski definition) is 3. The molecule has 0 heterocycles. The Morgan fingerprint density at radius 2 is 1.71 bits per heavy atom. The van der Waals surface area contributed by atoms with Gasteiger partial charge in [-0.05, 0) is 19.8 Å². The summed E-state index contributed by atoms with van der Waals surface area (Å²) >= 11 is 0. The molecule has 0 saturated heterocycles. The highest BCUT2D eigenvalue weighted by atomic mass is 16.4. The largest absolute Gasteiger partial charge is 0.481 e. The molecule has 0 aliphatic heterocycles. The van der Waals surface area contributed by atoms with E-state index < -0.39 is 5.97 Å². The van der Waals surface area contributed by atoms with Gasteiger partial charge in [-0.25, -0.2) is 4.79 Å². The van der Waals surface area contributed by atoms with E-state index in [-0.39, 0.29) is 37.2 Å². The van der Waals surface area contributed by atoms with Gasteiger partial charge in [0.25, 0.3) is 0 Å². The first-order valence-electron chi connectivity index (χ1n) is 7.45. The van der Waals surface area contributed by atoms with E-state index in [1.165, 1.54) is 0 Å². The molecular formula is C14H27N3O4. The lowest BCUT2D eigenvalue weighted by Gasteiger charge is -2.18. The smallest absolute Gasteiger partial charge is 0.314 e. The number of urea groups is 1. The van der Waals surface area contributed by atoms with Gasteiger partial charge in [-0.2, -0.15) is 0 Å². The first-order valence-corrected chi connectivity index (χ1v) is 7.45. The van der Waals surface area contributed by atoms with Gasteiger partial charge in [0.05, 0.1) is 0 Å². The highest BCUT2D eigenvalue weighted by Gasteiger charge is 2.13. The monoisotopic (exact) mass is 301 g/mol.